The van der Waals surface area contributed by atoms with E-state index in [1.54, 1.807) is 48.5 Å². The molecule has 1 N–H and O–H groups in total. The van der Waals surface area contributed by atoms with E-state index in [2.05, 4.69) is 24.0 Å². The lowest BCUT2D eigenvalue weighted by molar-refractivity contribution is -0.132. The van der Waals surface area contributed by atoms with E-state index in [0.717, 1.165) is 23.3 Å². The van der Waals surface area contributed by atoms with Crippen LogP contribution in [-0.2, 0) is 21.8 Å². The van der Waals surface area contributed by atoms with Gasteiger partial charge < -0.3 is 14.6 Å². The van der Waals surface area contributed by atoms with Crippen LogP contribution in [0.5, 0.6) is 11.5 Å². The molecule has 6 rings (SSSR count). The number of thioether (sulfide) groups is 1. The molecule has 2 aliphatic heterocycles. The fourth-order valence-corrected chi connectivity index (χ4v) is 7.16. The Bertz CT molecular complexity index is 1770. The van der Waals surface area contributed by atoms with Gasteiger partial charge in [-0.3, -0.25) is 14.5 Å². The first-order chi connectivity index (χ1) is 21.7. The van der Waals surface area contributed by atoms with Crippen LogP contribution in [0, 0.1) is 11.7 Å². The van der Waals surface area contributed by atoms with E-state index in [0.29, 0.717) is 45.9 Å². The number of rotatable bonds is 10. The highest BCUT2D eigenvalue weighted by Crippen LogP contribution is 2.45. The van der Waals surface area contributed by atoms with Crippen molar-refractivity contribution in [1.29, 1.82) is 0 Å². The van der Waals surface area contributed by atoms with Crippen molar-refractivity contribution in [2.45, 2.75) is 55.9 Å². The molecule has 8 nitrogen and oxygen atoms in total. The molecule has 0 saturated carbocycles. The smallest absolute Gasteiger partial charge is 0.301 e. The first kappa shape index (κ1) is 30.8. The number of amides is 1. The lowest BCUT2D eigenvalue weighted by atomic mass is 9.94. The Morgan fingerprint density at radius 1 is 1.13 bits per heavy atom. The molecule has 3 aromatic carbocycles. The predicted molar refractivity (Wildman–Crippen MR) is 172 cm³/mol. The predicted octanol–water partition coefficient (Wildman–Crippen LogP) is 7.34. The number of nitrogens with zero attached hydrogens (tertiary/aromatic N) is 3. The van der Waals surface area contributed by atoms with Crippen molar-refractivity contribution in [1.82, 2.24) is 10.2 Å². The van der Waals surface area contributed by atoms with E-state index in [-0.39, 0.29) is 28.4 Å². The number of aromatic nitrogens is 2. The minimum atomic E-state index is -0.968. The summed E-state index contributed by atoms with van der Waals surface area (Å²) in [4.78, 5) is 28.7. The lowest BCUT2D eigenvalue weighted by Gasteiger charge is -2.23. The first-order valence-corrected chi connectivity index (χ1v) is 16.5. The maximum atomic E-state index is 13.7. The third kappa shape index (κ3) is 6.60. The van der Waals surface area contributed by atoms with Gasteiger partial charge in [-0.2, -0.15) is 0 Å². The maximum Gasteiger partial charge on any atom is 0.301 e. The summed E-state index contributed by atoms with van der Waals surface area (Å²) in [5.41, 5.74) is 2.80. The summed E-state index contributed by atoms with van der Waals surface area (Å²) in [6.45, 7) is 6.72. The lowest BCUT2D eigenvalue weighted by Crippen LogP contribution is -2.29. The van der Waals surface area contributed by atoms with Crippen molar-refractivity contribution in [2.75, 3.05) is 11.5 Å². The number of benzene rings is 3. The monoisotopic (exact) mass is 645 g/mol. The van der Waals surface area contributed by atoms with Gasteiger partial charge in [-0.05, 0) is 78.4 Å². The van der Waals surface area contributed by atoms with Crippen LogP contribution in [0.25, 0.3) is 5.76 Å². The number of anilines is 1. The molecule has 0 radical (unpaired) electrons. The maximum absolute atomic E-state index is 13.7. The number of carbonyl (C=O) groups is 2. The summed E-state index contributed by atoms with van der Waals surface area (Å²) in [5, 5.41) is 20.4. The Kier molecular flexibility index (Phi) is 8.91. The number of ether oxygens (including phenoxy) is 2. The zero-order valence-electron chi connectivity index (χ0n) is 25.0. The minimum Gasteiger partial charge on any atom is -0.507 e. The molecule has 1 saturated heterocycles. The van der Waals surface area contributed by atoms with Crippen LogP contribution >= 0.6 is 23.1 Å². The fraction of sp³-hybridized carbons (Fsp3) is 0.294. The SMILES string of the molecule is CC(C)CCOc1cccc(C2/C(=C(/O)c3ccc4c(c3)CC(C)O4)C(=O)C(=O)N2c2nnc(SCc3ccc(F)cc3)s2)c1. The van der Waals surface area contributed by atoms with Crippen LogP contribution in [0.1, 0.15) is 55.5 Å². The van der Waals surface area contributed by atoms with Crippen molar-refractivity contribution < 1.29 is 28.6 Å². The fourth-order valence-electron chi connectivity index (χ4n) is 5.34. The Morgan fingerprint density at radius 2 is 1.93 bits per heavy atom. The highest BCUT2D eigenvalue weighted by Gasteiger charge is 2.48. The highest BCUT2D eigenvalue weighted by atomic mass is 32.2. The molecule has 1 fully saturated rings. The molecule has 1 aromatic heterocycles. The van der Waals surface area contributed by atoms with Gasteiger partial charge in [-0.1, -0.05) is 61.2 Å². The molecule has 1 amide bonds. The van der Waals surface area contributed by atoms with Gasteiger partial charge in [0.2, 0.25) is 5.13 Å². The molecular weight excluding hydrogens is 614 g/mol. The van der Waals surface area contributed by atoms with Gasteiger partial charge in [-0.25, -0.2) is 4.39 Å². The summed E-state index contributed by atoms with van der Waals surface area (Å²) in [7, 11) is 0. The van der Waals surface area contributed by atoms with Gasteiger partial charge >= 0.3 is 5.91 Å². The second kappa shape index (κ2) is 13.0. The molecule has 2 atom stereocenters. The quantitative estimate of drug-likeness (QED) is 0.0629. The molecule has 2 aliphatic rings. The molecule has 0 bridgehead atoms. The molecule has 0 spiro atoms. The molecule has 11 heteroatoms. The standard InChI is InChI=1S/C34H32FN3O5S2/c1-19(2)13-14-42-26-6-4-5-22(17-26)29-28(30(39)23-9-12-27-24(16-23)15-20(3)43-27)31(40)32(41)38(29)33-36-37-34(45-33)44-18-21-7-10-25(35)11-8-21/h4-12,16-17,19-20,29,39H,13-15,18H2,1-3H3/b30-28-. The number of hydrogen-bond donors (Lipinski definition) is 1. The van der Waals surface area contributed by atoms with E-state index in [9.17, 15) is 19.1 Å². The van der Waals surface area contributed by atoms with Crippen molar-refractivity contribution in [2.24, 2.45) is 5.92 Å². The van der Waals surface area contributed by atoms with Gasteiger partial charge in [-0.15, -0.1) is 10.2 Å². The second-order valence-corrected chi connectivity index (χ2v) is 13.7. The summed E-state index contributed by atoms with van der Waals surface area (Å²) in [6, 6.07) is 17.7. The van der Waals surface area contributed by atoms with Crippen molar-refractivity contribution >= 4 is 45.7 Å². The van der Waals surface area contributed by atoms with Crippen LogP contribution in [0.3, 0.4) is 0 Å². The Balaban J connectivity index is 1.37. The summed E-state index contributed by atoms with van der Waals surface area (Å²) in [6.07, 6.45) is 1.55. The largest absolute Gasteiger partial charge is 0.507 e. The molecule has 0 aliphatic carbocycles. The molecule has 3 heterocycles. The van der Waals surface area contributed by atoms with E-state index in [1.807, 2.05) is 13.0 Å². The summed E-state index contributed by atoms with van der Waals surface area (Å²) < 4.78 is 25.7. The number of hydrogen-bond acceptors (Lipinski definition) is 9. The van der Waals surface area contributed by atoms with Crippen molar-refractivity contribution in [3.63, 3.8) is 0 Å². The average Bonchev–Trinajstić information content (AvgIpc) is 3.71. The van der Waals surface area contributed by atoms with Crippen molar-refractivity contribution in [3.05, 3.63) is 100 Å². The number of fused-ring (bicyclic) bond motifs is 1. The minimum absolute atomic E-state index is 0.00828. The van der Waals surface area contributed by atoms with Crippen LogP contribution in [0.15, 0.2) is 76.6 Å². The van der Waals surface area contributed by atoms with Gasteiger partial charge in [0, 0.05) is 17.7 Å². The Hall–Kier alpha value is -4.22. The third-order valence-corrected chi connectivity index (χ3v) is 9.76. The zero-order chi connectivity index (χ0) is 31.7. The van der Waals surface area contributed by atoms with E-state index in [1.165, 1.54) is 40.1 Å². The van der Waals surface area contributed by atoms with E-state index in [4.69, 9.17) is 9.47 Å². The number of Topliss-reactive ketones (excluding diaryl/α,β-unsaturated/α-hetero) is 1. The van der Waals surface area contributed by atoms with E-state index >= 15 is 0 Å². The molecule has 4 aromatic rings. The highest BCUT2D eigenvalue weighted by molar-refractivity contribution is 8.00. The van der Waals surface area contributed by atoms with Gasteiger partial charge in [0.25, 0.3) is 5.78 Å². The first-order valence-electron chi connectivity index (χ1n) is 14.7. The van der Waals surface area contributed by atoms with Crippen LogP contribution < -0.4 is 14.4 Å². The number of halogens is 1. The third-order valence-electron chi connectivity index (χ3n) is 7.63. The average molecular weight is 646 g/mol. The van der Waals surface area contributed by atoms with Gasteiger partial charge in [0.05, 0.1) is 18.2 Å². The normalized spacial score (nSPS) is 18.8. The number of carbonyl (C=O) groups excluding carboxylic acids is 2. The Morgan fingerprint density at radius 3 is 2.71 bits per heavy atom. The van der Waals surface area contributed by atoms with E-state index < -0.39 is 17.7 Å². The second-order valence-electron chi connectivity index (χ2n) is 11.5. The molecule has 232 valence electrons. The van der Waals surface area contributed by atoms with Gasteiger partial charge in [0.15, 0.2) is 4.34 Å². The van der Waals surface area contributed by atoms with Crippen LogP contribution in [0.2, 0.25) is 0 Å². The molecular formula is C34H32FN3O5S2. The molecule has 45 heavy (non-hydrogen) atoms. The number of aliphatic hydroxyl groups is 1. The number of aliphatic hydroxyl groups excluding tert-OH is 1. The zero-order valence-corrected chi connectivity index (χ0v) is 26.7. The van der Waals surface area contributed by atoms with Crippen molar-refractivity contribution in [3.8, 4) is 11.5 Å². The van der Waals surface area contributed by atoms with Crippen LogP contribution in [0.4, 0.5) is 9.52 Å². The van der Waals surface area contributed by atoms with Crippen LogP contribution in [-0.4, -0.2) is 39.7 Å². The topological polar surface area (TPSA) is 102 Å². The number of ketones is 1. The Labute approximate surface area is 268 Å². The molecule has 2 unspecified atom stereocenters. The summed E-state index contributed by atoms with van der Waals surface area (Å²) >= 11 is 2.57. The van der Waals surface area contributed by atoms with Gasteiger partial charge in [0.1, 0.15) is 29.2 Å². The summed E-state index contributed by atoms with van der Waals surface area (Å²) in [5.74, 6) is 0.111.